The number of methoxy groups -OCH3 is 1. The number of carbonyl (C=O) groups is 1. The zero-order valence-corrected chi connectivity index (χ0v) is 13.8. The first kappa shape index (κ1) is 17.8. The van der Waals surface area contributed by atoms with Crippen molar-refractivity contribution in [2.45, 2.75) is 26.0 Å². The van der Waals surface area contributed by atoms with Crippen molar-refractivity contribution < 1.29 is 19.4 Å². The van der Waals surface area contributed by atoms with Crippen LogP contribution in [0.5, 0.6) is 11.5 Å². The van der Waals surface area contributed by atoms with Gasteiger partial charge in [-0.25, -0.2) is 0 Å². The fourth-order valence-electron chi connectivity index (χ4n) is 2.25. The third-order valence-electron chi connectivity index (χ3n) is 3.58. The fourth-order valence-corrected chi connectivity index (χ4v) is 2.25. The molecule has 0 radical (unpaired) electrons. The molecule has 2 rings (SSSR count). The molecule has 0 atom stereocenters. The molecule has 128 valence electrons. The van der Waals surface area contributed by atoms with Crippen molar-refractivity contribution in [3.63, 3.8) is 0 Å². The molecule has 2 aromatic carbocycles. The van der Waals surface area contributed by atoms with Gasteiger partial charge in [0.05, 0.1) is 20.3 Å². The van der Waals surface area contributed by atoms with Gasteiger partial charge in [0, 0.05) is 24.6 Å². The minimum Gasteiger partial charge on any atom is -0.496 e. The maximum atomic E-state index is 11.8. The van der Waals surface area contributed by atoms with E-state index in [9.17, 15) is 9.90 Å². The lowest BCUT2D eigenvalue weighted by Gasteiger charge is -2.10. The highest BCUT2D eigenvalue weighted by atomic mass is 16.5. The Morgan fingerprint density at radius 1 is 1.17 bits per heavy atom. The Bertz CT molecular complexity index is 643. The van der Waals surface area contributed by atoms with E-state index in [2.05, 4.69) is 5.32 Å². The van der Waals surface area contributed by atoms with Crippen LogP contribution in [0.1, 0.15) is 24.0 Å². The number of hydrogen-bond acceptors (Lipinski definition) is 4. The van der Waals surface area contributed by atoms with Crippen molar-refractivity contribution >= 4 is 5.91 Å². The molecule has 24 heavy (non-hydrogen) atoms. The van der Waals surface area contributed by atoms with Crippen molar-refractivity contribution in [2.75, 3.05) is 13.7 Å². The van der Waals surface area contributed by atoms with Crippen LogP contribution in [0.3, 0.4) is 0 Å². The van der Waals surface area contributed by atoms with Gasteiger partial charge in [0.25, 0.3) is 0 Å². The normalized spacial score (nSPS) is 10.2. The second-order valence-electron chi connectivity index (χ2n) is 5.35. The van der Waals surface area contributed by atoms with Crippen LogP contribution in [0.4, 0.5) is 0 Å². The number of amides is 1. The number of aliphatic hydroxyl groups excluding tert-OH is 1. The third kappa shape index (κ3) is 5.59. The Kier molecular flexibility index (Phi) is 7.11. The van der Waals surface area contributed by atoms with Gasteiger partial charge in [-0.15, -0.1) is 0 Å². The lowest BCUT2D eigenvalue weighted by Crippen LogP contribution is -2.22. The van der Waals surface area contributed by atoms with E-state index in [1.807, 2.05) is 30.3 Å². The molecule has 0 fully saturated rings. The average Bonchev–Trinajstić information content (AvgIpc) is 2.64. The van der Waals surface area contributed by atoms with Gasteiger partial charge in [-0.05, 0) is 24.1 Å². The van der Waals surface area contributed by atoms with Crippen LogP contribution in [0.25, 0.3) is 0 Å². The lowest BCUT2D eigenvalue weighted by atomic mass is 10.2. The van der Waals surface area contributed by atoms with Crippen LogP contribution in [-0.4, -0.2) is 24.7 Å². The molecule has 0 bridgehead atoms. The highest BCUT2D eigenvalue weighted by Gasteiger charge is 2.05. The van der Waals surface area contributed by atoms with Gasteiger partial charge in [0.15, 0.2) is 0 Å². The summed E-state index contributed by atoms with van der Waals surface area (Å²) in [5, 5.41) is 12.1. The van der Waals surface area contributed by atoms with Gasteiger partial charge >= 0.3 is 0 Å². The maximum Gasteiger partial charge on any atom is 0.220 e. The highest BCUT2D eigenvalue weighted by Crippen LogP contribution is 2.24. The van der Waals surface area contributed by atoms with Crippen LogP contribution in [-0.2, 0) is 17.9 Å². The van der Waals surface area contributed by atoms with Crippen molar-refractivity contribution in [1.82, 2.24) is 5.32 Å². The lowest BCUT2D eigenvalue weighted by molar-refractivity contribution is -0.121. The van der Waals surface area contributed by atoms with Crippen molar-refractivity contribution in [3.05, 3.63) is 59.7 Å². The molecule has 0 unspecified atom stereocenters. The van der Waals surface area contributed by atoms with Crippen LogP contribution in [0.15, 0.2) is 48.5 Å². The van der Waals surface area contributed by atoms with Gasteiger partial charge in [-0.2, -0.15) is 0 Å². The Morgan fingerprint density at radius 3 is 2.67 bits per heavy atom. The minimum atomic E-state index is -0.0783. The van der Waals surface area contributed by atoms with E-state index in [0.29, 0.717) is 43.1 Å². The first-order chi connectivity index (χ1) is 11.7. The first-order valence-electron chi connectivity index (χ1n) is 7.94. The molecule has 2 N–H and O–H groups in total. The van der Waals surface area contributed by atoms with E-state index in [-0.39, 0.29) is 12.5 Å². The molecule has 2 aromatic rings. The molecular formula is C19H23NO4. The molecule has 0 aliphatic rings. The average molecular weight is 329 g/mol. The van der Waals surface area contributed by atoms with Crippen molar-refractivity contribution in [2.24, 2.45) is 0 Å². The maximum absolute atomic E-state index is 11.8. The number of aliphatic hydroxyl groups is 1. The Labute approximate surface area is 142 Å². The molecule has 0 aliphatic carbocycles. The number of hydrogen-bond donors (Lipinski definition) is 2. The minimum absolute atomic E-state index is 0.00987. The van der Waals surface area contributed by atoms with Gasteiger partial charge in [0.2, 0.25) is 5.91 Å². The zero-order chi connectivity index (χ0) is 17.2. The first-order valence-corrected chi connectivity index (χ1v) is 7.94. The Balaban J connectivity index is 1.68. The molecule has 0 saturated heterocycles. The van der Waals surface area contributed by atoms with Crippen molar-refractivity contribution in [3.8, 4) is 11.5 Å². The third-order valence-corrected chi connectivity index (χ3v) is 3.58. The summed E-state index contributed by atoms with van der Waals surface area (Å²) in [5.41, 5.74) is 1.79. The molecule has 0 aliphatic heterocycles. The van der Waals surface area contributed by atoms with Gasteiger partial charge in [-0.3, -0.25) is 4.79 Å². The molecule has 5 heteroatoms. The summed E-state index contributed by atoms with van der Waals surface area (Å²) < 4.78 is 10.8. The van der Waals surface area contributed by atoms with Gasteiger partial charge in [-0.1, -0.05) is 30.3 Å². The topological polar surface area (TPSA) is 67.8 Å². The summed E-state index contributed by atoms with van der Waals surface area (Å²) >= 11 is 0. The number of nitrogens with one attached hydrogen (secondary N) is 1. The fraction of sp³-hybridized carbons (Fsp3) is 0.316. The summed E-state index contributed by atoms with van der Waals surface area (Å²) in [4.78, 5) is 11.8. The Hall–Kier alpha value is -2.53. The zero-order valence-electron chi connectivity index (χ0n) is 13.8. The van der Waals surface area contributed by atoms with E-state index >= 15 is 0 Å². The predicted octanol–water partition coefficient (Wildman–Crippen LogP) is 2.66. The molecule has 1 amide bonds. The van der Waals surface area contributed by atoms with Gasteiger partial charge in [0.1, 0.15) is 11.5 Å². The summed E-state index contributed by atoms with van der Waals surface area (Å²) in [6, 6.07) is 15.1. The van der Waals surface area contributed by atoms with E-state index in [1.165, 1.54) is 0 Å². The summed E-state index contributed by atoms with van der Waals surface area (Å²) in [6.07, 6.45) is 1.05. The smallest absolute Gasteiger partial charge is 0.220 e. The second kappa shape index (κ2) is 9.57. The number of carbonyl (C=O) groups excluding carboxylic acids is 1. The second-order valence-corrected chi connectivity index (χ2v) is 5.35. The van der Waals surface area contributed by atoms with E-state index in [1.54, 1.807) is 25.3 Å². The van der Waals surface area contributed by atoms with Crippen LogP contribution in [0, 0.1) is 0 Å². The number of ether oxygens (including phenoxy) is 2. The molecule has 5 nitrogen and oxygen atoms in total. The molecule has 0 aromatic heterocycles. The van der Waals surface area contributed by atoms with E-state index < -0.39 is 0 Å². The SMILES string of the molecule is COc1cc(OCCCC(=O)NCc2ccccc2)ccc1CO. The van der Waals surface area contributed by atoms with Crippen LogP contribution < -0.4 is 14.8 Å². The van der Waals surface area contributed by atoms with E-state index in [0.717, 1.165) is 5.56 Å². The standard InChI is InChI=1S/C19H23NO4/c1-23-18-12-17(10-9-16(18)14-21)24-11-5-8-19(22)20-13-15-6-3-2-4-7-15/h2-4,6-7,9-10,12,21H,5,8,11,13-14H2,1H3,(H,20,22). The molecule has 0 saturated carbocycles. The van der Waals surface area contributed by atoms with Crippen LogP contribution >= 0.6 is 0 Å². The highest BCUT2D eigenvalue weighted by molar-refractivity contribution is 5.75. The van der Waals surface area contributed by atoms with Gasteiger partial charge < -0.3 is 19.9 Å². The predicted molar refractivity (Wildman–Crippen MR) is 91.9 cm³/mol. The number of rotatable bonds is 9. The van der Waals surface area contributed by atoms with Crippen molar-refractivity contribution in [1.29, 1.82) is 0 Å². The number of benzene rings is 2. The van der Waals surface area contributed by atoms with E-state index in [4.69, 9.17) is 9.47 Å². The summed E-state index contributed by atoms with van der Waals surface area (Å²) in [5.74, 6) is 1.26. The largest absolute Gasteiger partial charge is 0.496 e. The summed E-state index contributed by atoms with van der Waals surface area (Å²) in [7, 11) is 1.55. The molecule has 0 spiro atoms. The Morgan fingerprint density at radius 2 is 1.96 bits per heavy atom. The summed E-state index contributed by atoms with van der Waals surface area (Å²) in [6.45, 7) is 0.909. The quantitative estimate of drug-likeness (QED) is 0.694. The molecular weight excluding hydrogens is 306 g/mol. The molecule has 0 heterocycles. The van der Waals surface area contributed by atoms with Crippen LogP contribution in [0.2, 0.25) is 0 Å². The monoisotopic (exact) mass is 329 g/mol.